The SMILES string of the molecule is CCCN1CCN[C@@H]([C@@H](O)[C@H](Cc2ccccc2)NC(=O)c2cc(C(=O)N[C@H](C)c3ccccc3)cc(N(C)S(C)(=O)=O)c2)C1=O. The van der Waals surface area contributed by atoms with Gasteiger partial charge in [-0.2, -0.15) is 0 Å². The quantitative estimate of drug-likeness (QED) is 0.222. The molecule has 0 aliphatic carbocycles. The van der Waals surface area contributed by atoms with Gasteiger partial charge in [0.1, 0.15) is 6.04 Å². The molecule has 1 heterocycles. The number of carbonyl (C=O) groups excluding carboxylic acids is 3. The van der Waals surface area contributed by atoms with Gasteiger partial charge in [0, 0.05) is 37.8 Å². The molecule has 0 bridgehead atoms. The lowest BCUT2D eigenvalue weighted by Gasteiger charge is -2.38. The fraction of sp³-hybridized carbons (Fsp3) is 0.382. The Hall–Kier alpha value is -4.26. The van der Waals surface area contributed by atoms with E-state index in [0.717, 1.165) is 28.1 Å². The highest BCUT2D eigenvalue weighted by atomic mass is 32.2. The highest BCUT2D eigenvalue weighted by Crippen LogP contribution is 2.23. The first-order valence-electron chi connectivity index (χ1n) is 15.4. The van der Waals surface area contributed by atoms with Crippen LogP contribution in [0, 0.1) is 0 Å². The number of sulfonamides is 1. The summed E-state index contributed by atoms with van der Waals surface area (Å²) in [5, 5.41) is 20.5. The van der Waals surface area contributed by atoms with E-state index >= 15 is 0 Å². The average Bonchev–Trinajstić information content (AvgIpc) is 3.05. The maximum Gasteiger partial charge on any atom is 0.251 e. The van der Waals surface area contributed by atoms with Gasteiger partial charge in [0.2, 0.25) is 15.9 Å². The fourth-order valence-corrected chi connectivity index (χ4v) is 5.96. The van der Waals surface area contributed by atoms with Crippen molar-refractivity contribution >= 4 is 33.4 Å². The molecule has 0 radical (unpaired) electrons. The van der Waals surface area contributed by atoms with Gasteiger partial charge in [0.15, 0.2) is 0 Å². The maximum atomic E-state index is 13.9. The van der Waals surface area contributed by atoms with Crippen molar-refractivity contribution in [3.05, 3.63) is 101 Å². The van der Waals surface area contributed by atoms with Gasteiger partial charge in [-0.1, -0.05) is 67.6 Å². The molecule has 4 N–H and O–H groups in total. The van der Waals surface area contributed by atoms with Gasteiger partial charge < -0.3 is 26.0 Å². The summed E-state index contributed by atoms with van der Waals surface area (Å²) in [4.78, 5) is 42.3. The van der Waals surface area contributed by atoms with E-state index in [1.165, 1.54) is 25.2 Å². The highest BCUT2D eigenvalue weighted by Gasteiger charge is 2.38. The molecule has 0 aromatic heterocycles. The first kappa shape index (κ1) is 34.6. The molecule has 3 aromatic carbocycles. The van der Waals surface area contributed by atoms with Gasteiger partial charge in [-0.25, -0.2) is 8.42 Å². The van der Waals surface area contributed by atoms with E-state index in [2.05, 4.69) is 16.0 Å². The molecular formula is C34H43N5O6S. The lowest BCUT2D eigenvalue weighted by molar-refractivity contribution is -0.139. The monoisotopic (exact) mass is 649 g/mol. The van der Waals surface area contributed by atoms with Crippen LogP contribution in [0.3, 0.4) is 0 Å². The molecule has 1 aliphatic heterocycles. The number of hydrogen-bond donors (Lipinski definition) is 4. The number of aliphatic hydroxyl groups is 1. The second kappa shape index (κ2) is 15.4. The van der Waals surface area contributed by atoms with Crippen molar-refractivity contribution in [2.75, 3.05) is 37.2 Å². The Kier molecular flexibility index (Phi) is 11.5. The average molecular weight is 650 g/mol. The summed E-state index contributed by atoms with van der Waals surface area (Å²) in [5.74, 6) is -1.37. The predicted molar refractivity (Wildman–Crippen MR) is 178 cm³/mol. The number of nitrogens with one attached hydrogen (secondary N) is 3. The molecule has 1 aliphatic rings. The van der Waals surface area contributed by atoms with Crippen LogP contribution in [0.5, 0.6) is 0 Å². The number of carbonyl (C=O) groups is 3. The van der Waals surface area contributed by atoms with Crippen LogP contribution in [0.15, 0.2) is 78.9 Å². The Morgan fingerprint density at radius 1 is 1.00 bits per heavy atom. The molecule has 4 rings (SSSR count). The molecule has 0 spiro atoms. The summed E-state index contributed by atoms with van der Waals surface area (Å²) in [6.45, 7) is 5.39. The molecule has 3 aromatic rings. The summed E-state index contributed by atoms with van der Waals surface area (Å²) < 4.78 is 25.9. The van der Waals surface area contributed by atoms with Gasteiger partial charge in [-0.15, -0.1) is 0 Å². The Labute approximate surface area is 271 Å². The van der Waals surface area contributed by atoms with Gasteiger partial charge >= 0.3 is 0 Å². The molecule has 4 atom stereocenters. The number of nitrogens with zero attached hydrogens (tertiary/aromatic N) is 2. The van der Waals surface area contributed by atoms with E-state index in [1.807, 2.05) is 74.5 Å². The predicted octanol–water partition coefficient (Wildman–Crippen LogP) is 2.49. The van der Waals surface area contributed by atoms with Crippen molar-refractivity contribution in [2.45, 2.75) is 50.9 Å². The number of hydrogen-bond acceptors (Lipinski definition) is 7. The Bertz CT molecular complexity index is 1620. The summed E-state index contributed by atoms with van der Waals surface area (Å²) in [7, 11) is -2.40. The second-order valence-corrected chi connectivity index (χ2v) is 13.6. The summed E-state index contributed by atoms with van der Waals surface area (Å²) in [6, 6.07) is 20.6. The minimum Gasteiger partial charge on any atom is -0.389 e. The Morgan fingerprint density at radius 3 is 2.17 bits per heavy atom. The lowest BCUT2D eigenvalue weighted by Crippen LogP contribution is -2.64. The van der Waals surface area contributed by atoms with Gasteiger partial charge in [-0.3, -0.25) is 18.7 Å². The highest BCUT2D eigenvalue weighted by molar-refractivity contribution is 7.92. The van der Waals surface area contributed by atoms with E-state index in [-0.39, 0.29) is 35.2 Å². The summed E-state index contributed by atoms with van der Waals surface area (Å²) >= 11 is 0. The maximum absolute atomic E-state index is 13.9. The number of benzene rings is 3. The molecule has 1 fully saturated rings. The molecule has 3 amide bonds. The molecule has 1 saturated heterocycles. The van der Waals surface area contributed by atoms with Gasteiger partial charge in [-0.05, 0) is 49.1 Å². The van der Waals surface area contributed by atoms with Gasteiger partial charge in [0.25, 0.3) is 11.8 Å². The Balaban J connectivity index is 1.66. The molecule has 46 heavy (non-hydrogen) atoms. The smallest absolute Gasteiger partial charge is 0.251 e. The third-order valence-electron chi connectivity index (χ3n) is 8.14. The van der Waals surface area contributed by atoms with Crippen LogP contribution in [0.1, 0.15) is 58.2 Å². The zero-order valence-electron chi connectivity index (χ0n) is 26.6. The fourth-order valence-electron chi connectivity index (χ4n) is 5.47. The van der Waals surface area contributed by atoms with Crippen molar-refractivity contribution in [3.8, 4) is 0 Å². The van der Waals surface area contributed by atoms with Crippen LogP contribution in [-0.4, -0.2) is 87.3 Å². The summed E-state index contributed by atoms with van der Waals surface area (Å²) in [6.07, 6.45) is 0.737. The van der Waals surface area contributed by atoms with E-state index in [0.29, 0.717) is 19.6 Å². The number of anilines is 1. The van der Waals surface area contributed by atoms with E-state index in [4.69, 9.17) is 0 Å². The first-order chi connectivity index (χ1) is 21.9. The molecular weight excluding hydrogens is 606 g/mol. The van der Waals surface area contributed by atoms with Crippen molar-refractivity contribution < 1.29 is 27.9 Å². The van der Waals surface area contributed by atoms with E-state index in [1.54, 1.807) is 4.90 Å². The second-order valence-electron chi connectivity index (χ2n) is 11.6. The van der Waals surface area contributed by atoms with Crippen LogP contribution in [0.2, 0.25) is 0 Å². The lowest BCUT2D eigenvalue weighted by atomic mass is 9.94. The third kappa shape index (κ3) is 8.71. The summed E-state index contributed by atoms with van der Waals surface area (Å²) in [5.41, 5.74) is 1.93. The molecule has 0 saturated carbocycles. The van der Waals surface area contributed by atoms with Crippen LogP contribution in [-0.2, 0) is 21.2 Å². The zero-order chi connectivity index (χ0) is 33.4. The number of piperazine rings is 1. The standard InChI is InChI=1S/C34H43N5O6S/c1-5-17-39-18-16-35-30(34(39)43)31(40)29(19-24-12-8-6-9-13-24)37-33(42)27-20-26(21-28(22-27)38(3)46(4,44)45)32(41)36-23(2)25-14-10-7-11-15-25/h6-15,20-23,29-31,35,40H,5,16-19H2,1-4H3,(H,36,41)(H,37,42)/t23-,29+,30+,31+/m1/s1. The third-order valence-corrected chi connectivity index (χ3v) is 9.34. The van der Waals surface area contributed by atoms with Crippen LogP contribution in [0.4, 0.5) is 5.69 Å². The molecule has 0 unspecified atom stereocenters. The molecule has 12 heteroatoms. The number of amides is 3. The van der Waals surface area contributed by atoms with Crippen molar-refractivity contribution in [1.82, 2.24) is 20.9 Å². The Morgan fingerprint density at radius 2 is 1.59 bits per heavy atom. The minimum atomic E-state index is -3.74. The molecule has 11 nitrogen and oxygen atoms in total. The van der Waals surface area contributed by atoms with Gasteiger partial charge in [0.05, 0.1) is 30.1 Å². The largest absolute Gasteiger partial charge is 0.389 e. The van der Waals surface area contributed by atoms with Crippen LogP contribution < -0.4 is 20.3 Å². The normalized spacial score (nSPS) is 17.1. The number of aliphatic hydroxyl groups excluding tert-OH is 1. The van der Waals surface area contributed by atoms with Crippen LogP contribution >= 0.6 is 0 Å². The van der Waals surface area contributed by atoms with E-state index in [9.17, 15) is 27.9 Å². The minimum absolute atomic E-state index is 0.0197. The first-order valence-corrected chi connectivity index (χ1v) is 17.2. The van der Waals surface area contributed by atoms with Crippen LogP contribution in [0.25, 0.3) is 0 Å². The van der Waals surface area contributed by atoms with Crippen molar-refractivity contribution in [1.29, 1.82) is 0 Å². The van der Waals surface area contributed by atoms with E-state index < -0.39 is 40.0 Å². The number of rotatable bonds is 13. The van der Waals surface area contributed by atoms with Crippen molar-refractivity contribution in [3.63, 3.8) is 0 Å². The topological polar surface area (TPSA) is 148 Å². The van der Waals surface area contributed by atoms with Crippen molar-refractivity contribution in [2.24, 2.45) is 0 Å². The molecule has 246 valence electrons. The zero-order valence-corrected chi connectivity index (χ0v) is 27.5.